The number of pyridine rings is 1. The zero-order valence-corrected chi connectivity index (χ0v) is 23.6. The monoisotopic (exact) mass is 573 g/mol. The van der Waals surface area contributed by atoms with E-state index in [9.17, 15) is 24.5 Å². The van der Waals surface area contributed by atoms with Crippen LogP contribution in [0, 0.1) is 10.1 Å². The van der Waals surface area contributed by atoms with Gasteiger partial charge in [0.15, 0.2) is 0 Å². The predicted molar refractivity (Wildman–Crippen MR) is 158 cm³/mol. The third-order valence-corrected chi connectivity index (χ3v) is 8.65. The van der Waals surface area contributed by atoms with Gasteiger partial charge in [0.1, 0.15) is 5.69 Å². The maximum Gasteiger partial charge on any atom is 0.293 e. The van der Waals surface area contributed by atoms with Gasteiger partial charge in [0.25, 0.3) is 17.5 Å². The summed E-state index contributed by atoms with van der Waals surface area (Å²) < 4.78 is 5.53. The largest absolute Gasteiger partial charge is 0.377 e. The number of para-hydroxylation sites is 1. The molecule has 2 saturated carbocycles. The van der Waals surface area contributed by atoms with Gasteiger partial charge in [0, 0.05) is 41.7 Å². The van der Waals surface area contributed by atoms with Gasteiger partial charge >= 0.3 is 0 Å². The van der Waals surface area contributed by atoms with E-state index in [2.05, 4.69) is 15.6 Å². The average molecular weight is 574 g/mol. The molecule has 2 amide bonds. The molecule has 3 N–H and O–H groups in total. The zero-order chi connectivity index (χ0) is 29.4. The minimum Gasteiger partial charge on any atom is -0.377 e. The number of nitrogens with zero attached hydrogens (tertiary/aromatic N) is 2. The third-order valence-electron chi connectivity index (χ3n) is 8.65. The van der Waals surface area contributed by atoms with E-state index < -0.39 is 4.92 Å². The van der Waals surface area contributed by atoms with E-state index in [0.29, 0.717) is 43.5 Å². The van der Waals surface area contributed by atoms with Crippen LogP contribution in [-0.2, 0) is 4.74 Å². The summed E-state index contributed by atoms with van der Waals surface area (Å²) in [6, 6.07) is 11.0. The lowest BCUT2D eigenvalue weighted by Crippen LogP contribution is -2.49. The third kappa shape index (κ3) is 5.61. The first-order valence-electron chi connectivity index (χ1n) is 14.7. The number of morpholine rings is 1. The quantitative estimate of drug-likeness (QED) is 0.282. The molecule has 0 spiro atoms. The molecule has 11 nitrogen and oxygen atoms in total. The summed E-state index contributed by atoms with van der Waals surface area (Å²) >= 11 is 0. The minimum absolute atomic E-state index is 0.125. The van der Waals surface area contributed by atoms with Crippen molar-refractivity contribution in [2.45, 2.75) is 69.5 Å². The lowest BCUT2D eigenvalue weighted by atomic mass is 9.89. The molecule has 2 aromatic carbocycles. The molecule has 6 rings (SSSR count). The number of carbonyl (C=O) groups excluding carboxylic acids is 2. The lowest BCUT2D eigenvalue weighted by Gasteiger charge is -2.36. The fourth-order valence-electron chi connectivity index (χ4n) is 6.25. The number of ether oxygens (including phenoxy) is 1. The number of benzene rings is 2. The minimum atomic E-state index is -0.424. The number of hydrogen-bond donors (Lipinski definition) is 3. The second-order valence-corrected chi connectivity index (χ2v) is 11.6. The van der Waals surface area contributed by atoms with Crippen molar-refractivity contribution in [3.05, 3.63) is 79.6 Å². The summed E-state index contributed by atoms with van der Waals surface area (Å²) in [6.45, 7) is 3.14. The first kappa shape index (κ1) is 27.9. The van der Waals surface area contributed by atoms with Crippen LogP contribution in [0.1, 0.15) is 77.6 Å². The molecule has 1 saturated heterocycles. The first-order chi connectivity index (χ1) is 20.3. The standard InChI is InChI=1S/C31H35N5O6/c1-18-17-42-13-12-35(18)31(39)23-14-20(19-10-11-19)15-27(36(40)41)29(23)33-25-8-4-5-9-26(25)34-30(38)22-16-28(37)32-24-7-3-2-6-21(22)24/h2-3,6-7,14-16,18-19,25-26,33H,4-5,8-13,17H2,1H3,(H,32,37)(H,34,38)/t18?,25-,26+/m1/s1. The molecule has 0 bridgehead atoms. The van der Waals surface area contributed by atoms with Crippen molar-refractivity contribution in [1.82, 2.24) is 15.2 Å². The summed E-state index contributed by atoms with van der Waals surface area (Å²) in [5.74, 6) is -0.421. The van der Waals surface area contributed by atoms with Gasteiger partial charge in [-0.15, -0.1) is 0 Å². The number of rotatable bonds is 7. The van der Waals surface area contributed by atoms with Crippen LogP contribution in [0.25, 0.3) is 10.9 Å². The van der Waals surface area contributed by atoms with E-state index in [0.717, 1.165) is 31.2 Å². The molecule has 42 heavy (non-hydrogen) atoms. The Kier molecular flexibility index (Phi) is 7.68. The zero-order valence-electron chi connectivity index (χ0n) is 23.6. The maximum atomic E-state index is 13.9. The van der Waals surface area contributed by atoms with Crippen LogP contribution in [0.5, 0.6) is 0 Å². The smallest absolute Gasteiger partial charge is 0.293 e. The number of carbonyl (C=O) groups is 2. The Bertz CT molecular complexity index is 1600. The Morgan fingerprint density at radius 1 is 1.05 bits per heavy atom. The lowest BCUT2D eigenvalue weighted by molar-refractivity contribution is -0.384. The van der Waals surface area contributed by atoms with Gasteiger partial charge in [0.05, 0.1) is 35.3 Å². The number of fused-ring (bicyclic) bond motifs is 1. The molecule has 3 aliphatic rings. The Labute approximate surface area is 242 Å². The first-order valence-corrected chi connectivity index (χ1v) is 14.7. The topological polar surface area (TPSA) is 147 Å². The molecule has 3 fully saturated rings. The molecule has 3 atom stereocenters. The number of H-pyrrole nitrogens is 1. The Morgan fingerprint density at radius 3 is 2.55 bits per heavy atom. The van der Waals surface area contributed by atoms with Crippen molar-refractivity contribution in [3.8, 4) is 0 Å². The van der Waals surface area contributed by atoms with Gasteiger partial charge in [0.2, 0.25) is 5.56 Å². The summed E-state index contributed by atoms with van der Waals surface area (Å²) in [6.07, 6.45) is 4.94. The Morgan fingerprint density at radius 2 is 1.81 bits per heavy atom. The van der Waals surface area contributed by atoms with Crippen molar-refractivity contribution < 1.29 is 19.2 Å². The summed E-state index contributed by atoms with van der Waals surface area (Å²) in [4.78, 5) is 56.2. The molecule has 1 aliphatic heterocycles. The molecule has 1 unspecified atom stereocenters. The number of aromatic amines is 1. The van der Waals surface area contributed by atoms with Crippen molar-refractivity contribution in [1.29, 1.82) is 0 Å². The number of nitro benzene ring substituents is 1. The normalized spacial score (nSPS) is 22.5. The van der Waals surface area contributed by atoms with Crippen molar-refractivity contribution in [3.63, 3.8) is 0 Å². The average Bonchev–Trinajstić information content (AvgIpc) is 3.83. The summed E-state index contributed by atoms with van der Waals surface area (Å²) in [5, 5.41) is 19.5. The van der Waals surface area contributed by atoms with Gasteiger partial charge in [-0.1, -0.05) is 31.0 Å². The molecular weight excluding hydrogens is 538 g/mol. The van der Waals surface area contributed by atoms with Gasteiger partial charge in [-0.05, 0) is 56.2 Å². The van der Waals surface area contributed by atoms with E-state index >= 15 is 0 Å². The van der Waals surface area contributed by atoms with E-state index in [1.54, 1.807) is 35.2 Å². The fraction of sp³-hybridized carbons (Fsp3) is 0.452. The van der Waals surface area contributed by atoms with Crippen LogP contribution < -0.4 is 16.2 Å². The molecule has 2 aliphatic carbocycles. The second-order valence-electron chi connectivity index (χ2n) is 11.6. The van der Waals surface area contributed by atoms with E-state index in [1.165, 1.54) is 6.07 Å². The SMILES string of the molecule is CC1COCCN1C(=O)c1cc(C2CC2)cc([N+](=O)[O-])c1N[C@@H]1CCCC[C@@H]1NC(=O)c1cc(=O)[nH]c2ccccc12. The highest BCUT2D eigenvalue weighted by molar-refractivity contribution is 6.06. The second kappa shape index (κ2) is 11.6. The maximum absolute atomic E-state index is 13.9. The van der Waals surface area contributed by atoms with E-state index in [-0.39, 0.29) is 63.9 Å². The molecular formula is C31H35N5O6. The molecule has 2 heterocycles. The molecule has 3 aromatic rings. The molecule has 11 heteroatoms. The van der Waals surface area contributed by atoms with Gasteiger partial charge in [-0.3, -0.25) is 24.5 Å². The number of amides is 2. The summed E-state index contributed by atoms with van der Waals surface area (Å²) in [5.41, 5.74) is 1.64. The highest BCUT2D eigenvalue weighted by Gasteiger charge is 2.36. The number of nitro groups is 1. The number of aromatic nitrogens is 1. The van der Waals surface area contributed by atoms with Crippen LogP contribution >= 0.6 is 0 Å². The fourth-order valence-corrected chi connectivity index (χ4v) is 6.25. The van der Waals surface area contributed by atoms with Gasteiger partial charge < -0.3 is 25.3 Å². The Balaban J connectivity index is 1.34. The van der Waals surface area contributed by atoms with Crippen LogP contribution in [0.4, 0.5) is 11.4 Å². The molecule has 220 valence electrons. The summed E-state index contributed by atoms with van der Waals surface area (Å²) in [7, 11) is 0. The van der Waals surface area contributed by atoms with Crippen molar-refractivity contribution >= 4 is 34.1 Å². The molecule has 1 aromatic heterocycles. The van der Waals surface area contributed by atoms with E-state index in [4.69, 9.17) is 4.74 Å². The van der Waals surface area contributed by atoms with Gasteiger partial charge in [-0.2, -0.15) is 0 Å². The van der Waals surface area contributed by atoms with E-state index in [1.807, 2.05) is 13.0 Å². The van der Waals surface area contributed by atoms with Gasteiger partial charge in [-0.25, -0.2) is 0 Å². The Hall–Kier alpha value is -4.25. The highest BCUT2D eigenvalue weighted by atomic mass is 16.6. The van der Waals surface area contributed by atoms with Crippen molar-refractivity contribution in [2.75, 3.05) is 25.1 Å². The highest BCUT2D eigenvalue weighted by Crippen LogP contribution is 2.44. The van der Waals surface area contributed by atoms with Crippen LogP contribution in [0.15, 0.2) is 47.3 Å². The van der Waals surface area contributed by atoms with Crippen molar-refractivity contribution in [2.24, 2.45) is 0 Å². The number of anilines is 1. The number of nitrogens with one attached hydrogen (secondary N) is 3. The molecule has 0 radical (unpaired) electrons. The van der Waals surface area contributed by atoms with Crippen LogP contribution in [-0.4, -0.2) is 64.5 Å². The van der Waals surface area contributed by atoms with Crippen LogP contribution in [0.2, 0.25) is 0 Å². The number of hydrogen-bond acceptors (Lipinski definition) is 7. The predicted octanol–water partition coefficient (Wildman–Crippen LogP) is 4.33. The van der Waals surface area contributed by atoms with Crippen LogP contribution in [0.3, 0.4) is 0 Å².